The first-order valence-corrected chi connectivity index (χ1v) is 8.90. The molecule has 1 heterocycles. The summed E-state index contributed by atoms with van der Waals surface area (Å²) in [5.74, 6) is -1.36. The van der Waals surface area contributed by atoms with E-state index < -0.39 is 11.9 Å². The molecule has 3 rings (SSSR count). The van der Waals surface area contributed by atoms with Gasteiger partial charge in [0.1, 0.15) is 11.6 Å². The smallest absolute Gasteiger partial charge is 0.306 e. The molecule has 1 aliphatic carbocycles. The van der Waals surface area contributed by atoms with Crippen LogP contribution in [0.15, 0.2) is 42.6 Å². The third-order valence-electron chi connectivity index (χ3n) is 4.68. The van der Waals surface area contributed by atoms with Gasteiger partial charge in [0.15, 0.2) is 0 Å². The lowest BCUT2D eigenvalue weighted by Crippen LogP contribution is -2.35. The summed E-state index contributed by atoms with van der Waals surface area (Å²) in [6, 6.07) is 9.19. The van der Waals surface area contributed by atoms with E-state index in [2.05, 4.69) is 10.3 Å². The van der Waals surface area contributed by atoms with Gasteiger partial charge in [-0.15, -0.1) is 0 Å². The van der Waals surface area contributed by atoms with Crippen molar-refractivity contribution in [3.63, 3.8) is 0 Å². The Morgan fingerprint density at radius 1 is 1.22 bits per heavy atom. The number of amides is 1. The van der Waals surface area contributed by atoms with Crippen molar-refractivity contribution in [1.29, 1.82) is 0 Å². The quantitative estimate of drug-likeness (QED) is 0.810. The van der Waals surface area contributed by atoms with Crippen molar-refractivity contribution in [2.75, 3.05) is 0 Å². The van der Waals surface area contributed by atoms with Crippen molar-refractivity contribution in [2.45, 2.75) is 32.2 Å². The van der Waals surface area contributed by atoms with Crippen molar-refractivity contribution < 1.29 is 23.8 Å². The second kappa shape index (κ2) is 8.62. The number of hydrogen-bond donors (Lipinski definition) is 2. The fourth-order valence-electron chi connectivity index (χ4n) is 3.21. The number of carboxylic acid groups (broad SMARTS) is 1. The summed E-state index contributed by atoms with van der Waals surface area (Å²) < 4.78 is 18.6. The monoisotopic (exact) mass is 372 g/mol. The number of aliphatic carboxylic acids is 1. The molecule has 6 nitrogen and oxygen atoms in total. The number of benzene rings is 1. The van der Waals surface area contributed by atoms with Crippen molar-refractivity contribution in [3.05, 3.63) is 54.0 Å². The van der Waals surface area contributed by atoms with E-state index in [1.807, 2.05) is 0 Å². The average Bonchev–Trinajstić information content (AvgIpc) is 2.67. The molecule has 27 heavy (non-hydrogen) atoms. The second-order valence-corrected chi connectivity index (χ2v) is 6.68. The predicted molar refractivity (Wildman–Crippen MR) is 95.6 cm³/mol. The molecule has 1 fully saturated rings. The number of pyridine rings is 1. The molecule has 2 N–H and O–H groups in total. The van der Waals surface area contributed by atoms with Crippen LogP contribution in [0.4, 0.5) is 4.39 Å². The van der Waals surface area contributed by atoms with Crippen molar-refractivity contribution in [2.24, 2.45) is 11.8 Å². The number of rotatable bonds is 6. The number of ether oxygens (including phenoxy) is 1. The minimum Gasteiger partial charge on any atom is -0.481 e. The predicted octanol–water partition coefficient (Wildman–Crippen LogP) is 3.52. The number of nitrogens with zero attached hydrogens (tertiary/aromatic N) is 1. The van der Waals surface area contributed by atoms with Gasteiger partial charge in [0.2, 0.25) is 11.8 Å². The van der Waals surface area contributed by atoms with Crippen LogP contribution >= 0.6 is 0 Å². The first-order chi connectivity index (χ1) is 13.0. The maximum atomic E-state index is 13.2. The molecule has 0 spiro atoms. The third kappa shape index (κ3) is 5.26. The van der Waals surface area contributed by atoms with Crippen LogP contribution in [0.25, 0.3) is 0 Å². The largest absolute Gasteiger partial charge is 0.481 e. The maximum Gasteiger partial charge on any atom is 0.306 e. The molecule has 0 bridgehead atoms. The molecule has 2 atom stereocenters. The molecule has 1 saturated carbocycles. The maximum absolute atomic E-state index is 13.2. The van der Waals surface area contributed by atoms with Crippen molar-refractivity contribution in [3.8, 4) is 11.6 Å². The van der Waals surface area contributed by atoms with E-state index in [1.54, 1.807) is 30.5 Å². The van der Waals surface area contributed by atoms with Gasteiger partial charge in [-0.05, 0) is 37.0 Å². The van der Waals surface area contributed by atoms with Gasteiger partial charge in [-0.25, -0.2) is 9.37 Å². The molecular weight excluding hydrogens is 351 g/mol. The highest BCUT2D eigenvalue weighted by Gasteiger charge is 2.30. The Bertz CT molecular complexity index is 810. The molecule has 2 unspecified atom stereocenters. The van der Waals surface area contributed by atoms with Gasteiger partial charge in [-0.2, -0.15) is 0 Å². The van der Waals surface area contributed by atoms with Gasteiger partial charge in [0.05, 0.1) is 5.92 Å². The van der Waals surface area contributed by atoms with E-state index >= 15 is 0 Å². The van der Waals surface area contributed by atoms with Crippen LogP contribution in [-0.4, -0.2) is 22.0 Å². The zero-order valence-corrected chi connectivity index (χ0v) is 14.7. The Balaban J connectivity index is 1.51. The van der Waals surface area contributed by atoms with E-state index in [4.69, 9.17) is 9.84 Å². The Morgan fingerprint density at radius 3 is 2.74 bits per heavy atom. The van der Waals surface area contributed by atoms with Gasteiger partial charge >= 0.3 is 5.97 Å². The molecule has 7 heteroatoms. The van der Waals surface area contributed by atoms with E-state index in [0.717, 1.165) is 12.0 Å². The van der Waals surface area contributed by atoms with Crippen LogP contribution in [0.5, 0.6) is 11.6 Å². The first-order valence-electron chi connectivity index (χ1n) is 8.90. The van der Waals surface area contributed by atoms with Crippen LogP contribution in [0, 0.1) is 17.7 Å². The minimum atomic E-state index is -0.828. The SMILES string of the molecule is O=C(O)C1CCCC(C(=O)NCc2ccc(Oc3cccc(F)c3)nc2)C1. The lowest BCUT2D eigenvalue weighted by molar-refractivity contribution is -0.144. The Hall–Kier alpha value is -2.96. The molecule has 1 aromatic carbocycles. The topological polar surface area (TPSA) is 88.5 Å². The number of carbonyl (C=O) groups excluding carboxylic acids is 1. The van der Waals surface area contributed by atoms with Crippen LogP contribution in [0.1, 0.15) is 31.2 Å². The summed E-state index contributed by atoms with van der Waals surface area (Å²) in [5.41, 5.74) is 0.792. The van der Waals surface area contributed by atoms with Gasteiger partial charge in [0, 0.05) is 30.8 Å². The highest BCUT2D eigenvalue weighted by molar-refractivity contribution is 5.80. The van der Waals surface area contributed by atoms with E-state index in [-0.39, 0.29) is 17.6 Å². The average molecular weight is 372 g/mol. The molecule has 0 aliphatic heterocycles. The number of carbonyl (C=O) groups is 2. The normalized spacial score (nSPS) is 19.3. The van der Waals surface area contributed by atoms with Crippen LogP contribution in [0.2, 0.25) is 0 Å². The molecule has 1 aliphatic rings. The van der Waals surface area contributed by atoms with Crippen LogP contribution in [0.3, 0.4) is 0 Å². The lowest BCUT2D eigenvalue weighted by atomic mass is 9.81. The van der Waals surface area contributed by atoms with Crippen molar-refractivity contribution in [1.82, 2.24) is 10.3 Å². The summed E-state index contributed by atoms with van der Waals surface area (Å²) in [4.78, 5) is 27.6. The molecule has 142 valence electrons. The number of nitrogens with one attached hydrogen (secondary N) is 1. The highest BCUT2D eigenvalue weighted by atomic mass is 19.1. The van der Waals surface area contributed by atoms with Gasteiger partial charge in [-0.1, -0.05) is 18.6 Å². The fraction of sp³-hybridized carbons (Fsp3) is 0.350. The summed E-state index contributed by atoms with van der Waals surface area (Å²) in [5, 5.41) is 12.0. The summed E-state index contributed by atoms with van der Waals surface area (Å²) >= 11 is 0. The Kier molecular flexibility index (Phi) is 6.01. The summed E-state index contributed by atoms with van der Waals surface area (Å²) in [7, 11) is 0. The summed E-state index contributed by atoms with van der Waals surface area (Å²) in [6.07, 6.45) is 4.07. The standard InChI is InChI=1S/C20H21FN2O4/c21-16-5-2-6-17(10-16)27-18-8-7-13(11-22-18)12-23-19(24)14-3-1-4-15(9-14)20(25)26/h2,5-8,10-11,14-15H,1,3-4,9,12H2,(H,23,24)(H,25,26). The minimum absolute atomic E-state index is 0.124. The molecule has 1 aromatic heterocycles. The zero-order valence-electron chi connectivity index (χ0n) is 14.7. The molecular formula is C20H21FN2O4. The van der Waals surface area contributed by atoms with E-state index in [1.165, 1.54) is 12.1 Å². The second-order valence-electron chi connectivity index (χ2n) is 6.68. The Morgan fingerprint density at radius 2 is 2.04 bits per heavy atom. The number of halogens is 1. The molecule has 2 aromatic rings. The summed E-state index contributed by atoms with van der Waals surface area (Å²) in [6.45, 7) is 0.306. The number of hydrogen-bond acceptors (Lipinski definition) is 4. The zero-order chi connectivity index (χ0) is 19.2. The van der Waals surface area contributed by atoms with Crippen LogP contribution < -0.4 is 10.1 Å². The number of carboxylic acids is 1. The van der Waals surface area contributed by atoms with E-state index in [0.29, 0.717) is 37.4 Å². The third-order valence-corrected chi connectivity index (χ3v) is 4.68. The number of aromatic nitrogens is 1. The van der Waals surface area contributed by atoms with Crippen LogP contribution in [-0.2, 0) is 16.1 Å². The highest BCUT2D eigenvalue weighted by Crippen LogP contribution is 2.29. The van der Waals surface area contributed by atoms with Gasteiger partial charge in [0.25, 0.3) is 0 Å². The van der Waals surface area contributed by atoms with Crippen molar-refractivity contribution >= 4 is 11.9 Å². The molecule has 1 amide bonds. The first kappa shape index (κ1) is 18.8. The Labute approximate surface area is 156 Å². The molecule has 0 radical (unpaired) electrons. The van der Waals surface area contributed by atoms with E-state index in [9.17, 15) is 14.0 Å². The van der Waals surface area contributed by atoms with Gasteiger partial charge in [-0.3, -0.25) is 9.59 Å². The van der Waals surface area contributed by atoms with Gasteiger partial charge < -0.3 is 15.2 Å². The fourth-order valence-corrected chi connectivity index (χ4v) is 3.21. The molecule has 0 saturated heterocycles. The lowest BCUT2D eigenvalue weighted by Gasteiger charge is -2.25.